The predicted molar refractivity (Wildman–Crippen MR) is 70.2 cm³/mol. The molecule has 0 saturated carbocycles. The molecule has 2 N–H and O–H groups in total. The molecule has 0 aromatic heterocycles. The quantitative estimate of drug-likeness (QED) is 0.827. The molecule has 17 heavy (non-hydrogen) atoms. The molecule has 0 bridgehead atoms. The maximum atomic E-state index is 5.78. The van der Waals surface area contributed by atoms with Crippen LogP contribution in [0.2, 0.25) is 0 Å². The summed E-state index contributed by atoms with van der Waals surface area (Å²) < 4.78 is 11.0. The van der Waals surface area contributed by atoms with Crippen LogP contribution in [0.25, 0.3) is 0 Å². The van der Waals surface area contributed by atoms with Crippen molar-refractivity contribution in [3.63, 3.8) is 0 Å². The summed E-state index contributed by atoms with van der Waals surface area (Å²) in [6.45, 7) is 6.72. The molecular weight excluding hydrogens is 214 g/mol. The average Bonchev–Trinajstić information content (AvgIpc) is 2.29. The maximum absolute atomic E-state index is 5.78. The molecule has 3 heteroatoms. The zero-order chi connectivity index (χ0) is 12.9. The van der Waals surface area contributed by atoms with Crippen molar-refractivity contribution in [1.29, 1.82) is 0 Å². The Bertz CT molecular complexity index is 331. The number of ether oxygens (including phenoxy) is 2. The van der Waals surface area contributed by atoms with Crippen LogP contribution in [-0.4, -0.2) is 19.3 Å². The van der Waals surface area contributed by atoms with Crippen LogP contribution in [0.3, 0.4) is 0 Å². The van der Waals surface area contributed by atoms with E-state index in [4.69, 9.17) is 15.2 Å². The highest BCUT2D eigenvalue weighted by Crippen LogP contribution is 2.18. The second-order valence-corrected chi connectivity index (χ2v) is 4.92. The molecule has 0 aliphatic heterocycles. The van der Waals surface area contributed by atoms with Gasteiger partial charge in [0.15, 0.2) is 0 Å². The molecule has 0 aliphatic rings. The highest BCUT2D eigenvalue weighted by atomic mass is 16.5. The molecule has 1 aromatic rings. The van der Waals surface area contributed by atoms with Crippen LogP contribution in [-0.2, 0) is 4.74 Å². The van der Waals surface area contributed by atoms with E-state index in [1.807, 2.05) is 31.2 Å². The largest absolute Gasteiger partial charge is 0.493 e. The lowest BCUT2D eigenvalue weighted by Gasteiger charge is -2.22. The summed E-state index contributed by atoms with van der Waals surface area (Å²) in [6, 6.07) is 7.98. The van der Waals surface area contributed by atoms with Gasteiger partial charge in [-0.2, -0.15) is 0 Å². The molecule has 3 nitrogen and oxygen atoms in total. The third-order valence-electron chi connectivity index (χ3n) is 2.93. The van der Waals surface area contributed by atoms with Crippen molar-refractivity contribution >= 4 is 0 Å². The maximum Gasteiger partial charge on any atom is 0.119 e. The molecular formula is C14H23NO2. The number of rotatable bonds is 6. The minimum absolute atomic E-state index is 0.0662. The number of methoxy groups -OCH3 is 1. The van der Waals surface area contributed by atoms with Crippen LogP contribution in [0.4, 0.5) is 0 Å². The van der Waals surface area contributed by atoms with Gasteiger partial charge in [-0.15, -0.1) is 0 Å². The van der Waals surface area contributed by atoms with Crippen molar-refractivity contribution in [2.24, 2.45) is 5.73 Å². The smallest absolute Gasteiger partial charge is 0.119 e. The zero-order valence-corrected chi connectivity index (χ0v) is 11.2. The summed E-state index contributed by atoms with van der Waals surface area (Å²) in [5.41, 5.74) is 6.77. The molecule has 0 spiro atoms. The van der Waals surface area contributed by atoms with Crippen LogP contribution in [0, 0.1) is 0 Å². The van der Waals surface area contributed by atoms with Crippen molar-refractivity contribution in [3.05, 3.63) is 29.8 Å². The topological polar surface area (TPSA) is 44.5 Å². The zero-order valence-electron chi connectivity index (χ0n) is 11.2. The van der Waals surface area contributed by atoms with Gasteiger partial charge < -0.3 is 15.2 Å². The first-order valence-electron chi connectivity index (χ1n) is 5.98. The predicted octanol–water partition coefficient (Wildman–Crippen LogP) is 2.90. The van der Waals surface area contributed by atoms with E-state index >= 15 is 0 Å². The molecule has 1 aromatic carbocycles. The molecule has 0 amide bonds. The summed E-state index contributed by atoms with van der Waals surface area (Å²) in [7, 11) is 1.72. The SMILES string of the molecule is COC(C)(C)CCOc1ccc([C@H](C)N)cc1. The Balaban J connectivity index is 2.42. The van der Waals surface area contributed by atoms with Gasteiger partial charge in [0, 0.05) is 19.6 Å². The minimum atomic E-state index is -0.133. The first-order chi connectivity index (χ1) is 7.94. The van der Waals surface area contributed by atoms with E-state index in [1.165, 1.54) is 0 Å². The molecule has 1 rings (SSSR count). The van der Waals surface area contributed by atoms with Crippen molar-refractivity contribution in [2.75, 3.05) is 13.7 Å². The van der Waals surface area contributed by atoms with E-state index in [0.29, 0.717) is 6.61 Å². The molecule has 1 atom stereocenters. The molecule has 0 fully saturated rings. The minimum Gasteiger partial charge on any atom is -0.493 e. The van der Waals surface area contributed by atoms with Gasteiger partial charge in [0.1, 0.15) is 5.75 Å². The molecule has 0 unspecified atom stereocenters. The van der Waals surface area contributed by atoms with Gasteiger partial charge in [-0.3, -0.25) is 0 Å². The van der Waals surface area contributed by atoms with Gasteiger partial charge >= 0.3 is 0 Å². The van der Waals surface area contributed by atoms with Crippen LogP contribution < -0.4 is 10.5 Å². The lowest BCUT2D eigenvalue weighted by atomic mass is 10.1. The van der Waals surface area contributed by atoms with Crippen molar-refractivity contribution in [2.45, 2.75) is 38.8 Å². The first-order valence-corrected chi connectivity index (χ1v) is 5.98. The van der Waals surface area contributed by atoms with E-state index in [2.05, 4.69) is 13.8 Å². The van der Waals surface area contributed by atoms with E-state index in [1.54, 1.807) is 7.11 Å². The summed E-state index contributed by atoms with van der Waals surface area (Å²) >= 11 is 0. The number of hydrogen-bond acceptors (Lipinski definition) is 3. The standard InChI is InChI=1S/C14H23NO2/c1-11(15)12-5-7-13(8-6-12)17-10-9-14(2,3)16-4/h5-8,11H,9-10,15H2,1-4H3/t11-/m0/s1. The Labute approximate surface area is 104 Å². The average molecular weight is 237 g/mol. The van der Waals surface area contributed by atoms with E-state index in [9.17, 15) is 0 Å². The normalized spacial score (nSPS) is 13.5. The Morgan fingerprint density at radius 2 is 1.82 bits per heavy atom. The van der Waals surface area contributed by atoms with Crippen molar-refractivity contribution < 1.29 is 9.47 Å². The van der Waals surface area contributed by atoms with Gasteiger partial charge in [-0.25, -0.2) is 0 Å². The van der Waals surface area contributed by atoms with Gasteiger partial charge in [-0.1, -0.05) is 12.1 Å². The molecule has 96 valence electrons. The van der Waals surface area contributed by atoms with E-state index in [0.717, 1.165) is 17.7 Å². The van der Waals surface area contributed by atoms with Crippen LogP contribution in [0.15, 0.2) is 24.3 Å². The summed E-state index contributed by atoms with van der Waals surface area (Å²) in [5, 5.41) is 0. The first kappa shape index (κ1) is 14.0. The monoisotopic (exact) mass is 237 g/mol. The fourth-order valence-electron chi connectivity index (χ4n) is 1.38. The van der Waals surface area contributed by atoms with Crippen LogP contribution in [0.5, 0.6) is 5.75 Å². The lowest BCUT2D eigenvalue weighted by Crippen LogP contribution is -2.25. The lowest BCUT2D eigenvalue weighted by molar-refractivity contribution is 0.00545. The van der Waals surface area contributed by atoms with Gasteiger partial charge in [0.05, 0.1) is 12.2 Å². The molecule has 0 heterocycles. The molecule has 0 saturated heterocycles. The number of benzene rings is 1. The Kier molecular flexibility index (Phi) is 4.97. The third kappa shape index (κ3) is 4.75. The van der Waals surface area contributed by atoms with E-state index < -0.39 is 0 Å². The molecule has 0 aliphatic carbocycles. The fraction of sp³-hybridized carbons (Fsp3) is 0.571. The second kappa shape index (κ2) is 6.03. The van der Waals surface area contributed by atoms with E-state index in [-0.39, 0.29) is 11.6 Å². The molecule has 0 radical (unpaired) electrons. The summed E-state index contributed by atoms with van der Waals surface area (Å²) in [5.74, 6) is 0.876. The van der Waals surface area contributed by atoms with Crippen LogP contribution >= 0.6 is 0 Å². The fourth-order valence-corrected chi connectivity index (χ4v) is 1.38. The number of nitrogens with two attached hydrogens (primary N) is 1. The summed E-state index contributed by atoms with van der Waals surface area (Å²) in [6.07, 6.45) is 0.860. The van der Waals surface area contributed by atoms with Crippen molar-refractivity contribution in [3.8, 4) is 5.75 Å². The highest BCUT2D eigenvalue weighted by Gasteiger charge is 2.15. The van der Waals surface area contributed by atoms with Crippen molar-refractivity contribution in [1.82, 2.24) is 0 Å². The van der Waals surface area contributed by atoms with Gasteiger partial charge in [-0.05, 0) is 38.5 Å². The Morgan fingerprint density at radius 1 is 1.24 bits per heavy atom. The number of hydrogen-bond donors (Lipinski definition) is 1. The van der Waals surface area contributed by atoms with Crippen LogP contribution in [0.1, 0.15) is 38.8 Å². The Morgan fingerprint density at radius 3 is 2.29 bits per heavy atom. The Hall–Kier alpha value is -1.06. The third-order valence-corrected chi connectivity index (χ3v) is 2.93. The van der Waals surface area contributed by atoms with Gasteiger partial charge in [0.25, 0.3) is 0 Å². The highest BCUT2D eigenvalue weighted by molar-refractivity contribution is 5.28. The summed E-state index contributed by atoms with van der Waals surface area (Å²) in [4.78, 5) is 0. The second-order valence-electron chi connectivity index (χ2n) is 4.92. The van der Waals surface area contributed by atoms with Gasteiger partial charge in [0.2, 0.25) is 0 Å².